The molecule has 1 fully saturated rings. The molecule has 3 rings (SSSR count). The quantitative estimate of drug-likeness (QED) is 0.868. The van der Waals surface area contributed by atoms with Gasteiger partial charge >= 0.3 is 6.18 Å². The largest absolute Gasteiger partial charge is 0.416 e. The molecule has 2 atom stereocenters. The SMILES string of the molecule is O=C(NCCc1cccs1)[C@@H]1C[C@@H]1c1ccc(C(F)(F)F)cc1. The van der Waals surface area contributed by atoms with Gasteiger partial charge in [0.05, 0.1) is 5.56 Å². The smallest absolute Gasteiger partial charge is 0.355 e. The molecule has 122 valence electrons. The molecule has 23 heavy (non-hydrogen) atoms. The Morgan fingerprint density at radius 1 is 1.22 bits per heavy atom. The summed E-state index contributed by atoms with van der Waals surface area (Å²) in [5.74, 6) is -0.0828. The molecule has 1 heterocycles. The number of halogens is 3. The van der Waals surface area contributed by atoms with E-state index in [4.69, 9.17) is 0 Å². The van der Waals surface area contributed by atoms with Gasteiger partial charge in [-0.1, -0.05) is 18.2 Å². The van der Waals surface area contributed by atoms with Gasteiger partial charge in [0.2, 0.25) is 5.91 Å². The maximum Gasteiger partial charge on any atom is 0.416 e. The minimum absolute atomic E-state index is 0.00791. The number of carbonyl (C=O) groups excluding carboxylic acids is 1. The maximum absolute atomic E-state index is 12.5. The molecule has 2 nitrogen and oxygen atoms in total. The Bertz CT molecular complexity index is 664. The van der Waals surface area contributed by atoms with Gasteiger partial charge < -0.3 is 5.32 Å². The fourth-order valence-corrected chi connectivity index (χ4v) is 3.38. The average Bonchev–Trinajstić information content (AvgIpc) is 3.15. The molecule has 1 aromatic heterocycles. The first-order chi connectivity index (χ1) is 10.9. The van der Waals surface area contributed by atoms with Crippen LogP contribution in [0.5, 0.6) is 0 Å². The van der Waals surface area contributed by atoms with Crippen LogP contribution in [0.3, 0.4) is 0 Å². The number of hydrogen-bond donors (Lipinski definition) is 1. The van der Waals surface area contributed by atoms with Crippen molar-refractivity contribution in [1.29, 1.82) is 0 Å². The molecule has 2 aromatic rings. The lowest BCUT2D eigenvalue weighted by atomic mass is 10.1. The van der Waals surface area contributed by atoms with Crippen LogP contribution in [-0.4, -0.2) is 12.5 Å². The highest BCUT2D eigenvalue weighted by Crippen LogP contribution is 2.47. The van der Waals surface area contributed by atoms with Crippen LogP contribution >= 0.6 is 11.3 Å². The second-order valence-electron chi connectivity index (χ2n) is 5.69. The Kier molecular flexibility index (Phi) is 4.43. The van der Waals surface area contributed by atoms with Crippen molar-refractivity contribution in [1.82, 2.24) is 5.32 Å². The Hall–Kier alpha value is -1.82. The van der Waals surface area contributed by atoms with Crippen molar-refractivity contribution in [3.05, 3.63) is 57.8 Å². The van der Waals surface area contributed by atoms with E-state index in [1.54, 1.807) is 11.3 Å². The summed E-state index contributed by atoms with van der Waals surface area (Å²) in [5, 5.41) is 4.90. The molecule has 1 saturated carbocycles. The number of hydrogen-bond acceptors (Lipinski definition) is 2. The molecule has 6 heteroatoms. The third kappa shape index (κ3) is 3.93. The lowest BCUT2D eigenvalue weighted by Gasteiger charge is -2.08. The van der Waals surface area contributed by atoms with Crippen molar-refractivity contribution in [2.24, 2.45) is 5.92 Å². The molecular weight excluding hydrogens is 323 g/mol. The van der Waals surface area contributed by atoms with Crippen LogP contribution in [0.15, 0.2) is 41.8 Å². The van der Waals surface area contributed by atoms with Gasteiger partial charge in [-0.2, -0.15) is 13.2 Å². The highest BCUT2D eigenvalue weighted by atomic mass is 32.1. The van der Waals surface area contributed by atoms with Gasteiger partial charge in [-0.3, -0.25) is 4.79 Å². The van der Waals surface area contributed by atoms with Crippen LogP contribution in [0.25, 0.3) is 0 Å². The predicted octanol–water partition coefficient (Wildman–Crippen LogP) is 4.23. The zero-order valence-electron chi connectivity index (χ0n) is 12.3. The van der Waals surface area contributed by atoms with E-state index >= 15 is 0 Å². The molecule has 0 radical (unpaired) electrons. The molecule has 0 bridgehead atoms. The summed E-state index contributed by atoms with van der Waals surface area (Å²) < 4.78 is 37.6. The highest BCUT2D eigenvalue weighted by molar-refractivity contribution is 7.09. The maximum atomic E-state index is 12.5. The van der Waals surface area contributed by atoms with E-state index in [0.29, 0.717) is 13.0 Å². The molecule has 1 aromatic carbocycles. The second kappa shape index (κ2) is 6.35. The van der Waals surface area contributed by atoms with Crippen molar-refractivity contribution in [3.63, 3.8) is 0 Å². The van der Waals surface area contributed by atoms with E-state index < -0.39 is 11.7 Å². The number of alkyl halides is 3. The second-order valence-corrected chi connectivity index (χ2v) is 6.72. The van der Waals surface area contributed by atoms with E-state index in [-0.39, 0.29) is 17.7 Å². The van der Waals surface area contributed by atoms with Gasteiger partial charge in [-0.15, -0.1) is 11.3 Å². The normalized spacial score (nSPS) is 20.3. The molecule has 1 aliphatic carbocycles. The van der Waals surface area contributed by atoms with Gasteiger partial charge in [0.1, 0.15) is 0 Å². The Labute approximate surface area is 136 Å². The van der Waals surface area contributed by atoms with Crippen molar-refractivity contribution >= 4 is 17.2 Å². The van der Waals surface area contributed by atoms with Gasteiger partial charge in [-0.05, 0) is 47.9 Å². The fourth-order valence-electron chi connectivity index (χ4n) is 2.67. The van der Waals surface area contributed by atoms with Crippen LogP contribution in [0.4, 0.5) is 13.2 Å². The zero-order chi connectivity index (χ0) is 16.4. The summed E-state index contributed by atoms with van der Waals surface area (Å²) in [4.78, 5) is 13.3. The monoisotopic (exact) mass is 339 g/mol. The Morgan fingerprint density at radius 2 is 1.96 bits per heavy atom. The molecule has 0 unspecified atom stereocenters. The number of amides is 1. The number of thiophene rings is 1. The summed E-state index contributed by atoms with van der Waals surface area (Å²) >= 11 is 1.66. The van der Waals surface area contributed by atoms with Crippen molar-refractivity contribution in [2.45, 2.75) is 24.9 Å². The lowest BCUT2D eigenvalue weighted by molar-refractivity contribution is -0.137. The van der Waals surface area contributed by atoms with Gasteiger partial charge in [0, 0.05) is 17.3 Å². The van der Waals surface area contributed by atoms with Gasteiger partial charge in [-0.25, -0.2) is 0 Å². The number of nitrogens with one attached hydrogen (secondary N) is 1. The summed E-state index contributed by atoms with van der Waals surface area (Å²) in [5.41, 5.74) is 0.148. The van der Waals surface area contributed by atoms with Crippen molar-refractivity contribution in [3.8, 4) is 0 Å². The Balaban J connectivity index is 1.49. The standard InChI is InChI=1S/C17H16F3NOS/c18-17(19,20)12-5-3-11(4-6-12)14-10-15(14)16(22)21-8-7-13-2-1-9-23-13/h1-6,9,14-15H,7-8,10H2,(H,21,22)/t14-,15-/m1/s1. The predicted molar refractivity (Wildman–Crippen MR) is 83.3 cm³/mol. The number of carbonyl (C=O) groups is 1. The molecular formula is C17H16F3NOS. The minimum Gasteiger partial charge on any atom is -0.355 e. The topological polar surface area (TPSA) is 29.1 Å². The first-order valence-corrected chi connectivity index (χ1v) is 8.30. The Morgan fingerprint density at radius 3 is 2.57 bits per heavy atom. The van der Waals surface area contributed by atoms with Crippen LogP contribution < -0.4 is 5.32 Å². The first kappa shape index (κ1) is 16.1. The lowest BCUT2D eigenvalue weighted by Crippen LogP contribution is -2.27. The molecule has 1 amide bonds. The summed E-state index contributed by atoms with van der Waals surface area (Å²) in [7, 11) is 0. The summed E-state index contributed by atoms with van der Waals surface area (Å²) in [6.45, 7) is 0.593. The average molecular weight is 339 g/mol. The van der Waals surface area contributed by atoms with Crippen LogP contribution in [0.1, 0.15) is 28.3 Å². The van der Waals surface area contributed by atoms with Crippen molar-refractivity contribution < 1.29 is 18.0 Å². The minimum atomic E-state index is -4.32. The van der Waals surface area contributed by atoms with E-state index in [1.807, 2.05) is 17.5 Å². The van der Waals surface area contributed by atoms with Crippen LogP contribution in [0.2, 0.25) is 0 Å². The zero-order valence-corrected chi connectivity index (χ0v) is 13.1. The molecule has 1 N–H and O–H groups in total. The van der Waals surface area contributed by atoms with Gasteiger partial charge in [0.15, 0.2) is 0 Å². The summed E-state index contributed by atoms with van der Waals surface area (Å²) in [6.07, 6.45) is -2.81. The van der Waals surface area contributed by atoms with Crippen LogP contribution in [0, 0.1) is 5.92 Å². The third-order valence-corrected chi connectivity index (χ3v) is 4.98. The summed E-state index contributed by atoms with van der Waals surface area (Å²) in [6, 6.07) is 9.12. The van der Waals surface area contributed by atoms with E-state index in [2.05, 4.69) is 5.32 Å². The van der Waals surface area contributed by atoms with E-state index in [0.717, 1.165) is 24.1 Å². The highest BCUT2D eigenvalue weighted by Gasteiger charge is 2.44. The molecule has 1 aliphatic rings. The molecule has 0 aliphatic heterocycles. The number of rotatable bonds is 5. The van der Waals surface area contributed by atoms with Gasteiger partial charge in [0.25, 0.3) is 0 Å². The third-order valence-electron chi connectivity index (χ3n) is 4.04. The van der Waals surface area contributed by atoms with Crippen LogP contribution in [-0.2, 0) is 17.4 Å². The fraction of sp³-hybridized carbons (Fsp3) is 0.353. The first-order valence-electron chi connectivity index (χ1n) is 7.42. The molecule has 0 spiro atoms. The van der Waals surface area contributed by atoms with E-state index in [1.165, 1.54) is 17.0 Å². The molecule has 0 saturated heterocycles. The van der Waals surface area contributed by atoms with Crippen molar-refractivity contribution in [2.75, 3.05) is 6.54 Å². The number of benzene rings is 1. The van der Waals surface area contributed by atoms with E-state index in [9.17, 15) is 18.0 Å².